The molecule has 1 aromatic heterocycles. The summed E-state index contributed by atoms with van der Waals surface area (Å²) < 4.78 is 57.8. The summed E-state index contributed by atoms with van der Waals surface area (Å²) in [5.41, 5.74) is 3.62. The molecule has 9 nitrogen and oxygen atoms in total. The summed E-state index contributed by atoms with van der Waals surface area (Å²) in [6, 6.07) is 14.3. The highest BCUT2D eigenvalue weighted by molar-refractivity contribution is 8.15. The quantitative estimate of drug-likeness (QED) is 0.211. The minimum absolute atomic E-state index is 0.0992. The van der Waals surface area contributed by atoms with Gasteiger partial charge >= 0.3 is 12.4 Å². The van der Waals surface area contributed by atoms with Crippen LogP contribution in [-0.4, -0.2) is 52.9 Å². The number of ether oxygens (including phenoxy) is 1. The maximum absolute atomic E-state index is 15.1. The SMILES string of the molecule is CC(C)c1ccc(N(C)C)cc1N1C(=O)CS/C1=N\C(=O)Nc1ccc(-c2cn(-c3ccc(OC(F)(F)F)cc3)cn2)cc1F. The van der Waals surface area contributed by atoms with E-state index in [1.165, 1.54) is 47.6 Å². The molecule has 1 saturated heterocycles. The molecule has 45 heavy (non-hydrogen) atoms. The van der Waals surface area contributed by atoms with Gasteiger partial charge in [0, 0.05) is 37.2 Å². The molecule has 234 valence electrons. The summed E-state index contributed by atoms with van der Waals surface area (Å²) in [4.78, 5) is 37.5. The van der Waals surface area contributed by atoms with E-state index in [-0.39, 0.29) is 34.2 Å². The van der Waals surface area contributed by atoms with E-state index in [4.69, 9.17) is 0 Å². The Morgan fingerprint density at radius 1 is 1.09 bits per heavy atom. The van der Waals surface area contributed by atoms with Crippen LogP contribution in [-0.2, 0) is 4.79 Å². The zero-order valence-corrected chi connectivity index (χ0v) is 25.4. The third kappa shape index (κ3) is 7.28. The van der Waals surface area contributed by atoms with Crippen molar-refractivity contribution in [3.8, 4) is 22.7 Å². The van der Waals surface area contributed by atoms with Gasteiger partial charge < -0.3 is 19.5 Å². The molecule has 1 aliphatic heterocycles. The normalized spacial score (nSPS) is 14.4. The van der Waals surface area contributed by atoms with Crippen molar-refractivity contribution >= 4 is 45.9 Å². The first-order chi connectivity index (χ1) is 21.3. The molecule has 1 N–H and O–H groups in total. The number of hydrogen-bond donors (Lipinski definition) is 1. The molecule has 0 aliphatic carbocycles. The predicted molar refractivity (Wildman–Crippen MR) is 167 cm³/mol. The maximum Gasteiger partial charge on any atom is 0.573 e. The number of benzene rings is 3. The third-order valence-electron chi connectivity index (χ3n) is 6.81. The van der Waals surface area contributed by atoms with Crippen LogP contribution in [0.25, 0.3) is 16.9 Å². The Hall–Kier alpha value is -4.85. The van der Waals surface area contributed by atoms with Crippen LogP contribution >= 0.6 is 11.8 Å². The number of thioether (sulfide) groups is 1. The number of hydrogen-bond acceptors (Lipinski definition) is 6. The molecule has 5 rings (SSSR count). The number of rotatable bonds is 7. The van der Waals surface area contributed by atoms with Crippen molar-refractivity contribution in [1.82, 2.24) is 9.55 Å². The molecule has 1 fully saturated rings. The number of amides is 3. The second-order valence-electron chi connectivity index (χ2n) is 10.5. The molecule has 0 radical (unpaired) electrons. The molecule has 4 aromatic rings. The van der Waals surface area contributed by atoms with Crippen LogP contribution in [0.2, 0.25) is 0 Å². The number of aromatic nitrogens is 2. The molecule has 1 aliphatic rings. The smallest absolute Gasteiger partial charge is 0.406 e. The van der Waals surface area contributed by atoms with Crippen molar-refractivity contribution in [3.05, 3.63) is 84.6 Å². The van der Waals surface area contributed by atoms with E-state index >= 15 is 4.39 Å². The van der Waals surface area contributed by atoms with Gasteiger partial charge in [-0.2, -0.15) is 4.99 Å². The monoisotopic (exact) mass is 640 g/mol. The van der Waals surface area contributed by atoms with E-state index in [1.54, 1.807) is 16.8 Å². The number of aliphatic imine (C=N–C) groups is 1. The van der Waals surface area contributed by atoms with Crippen LogP contribution in [0.4, 0.5) is 39.4 Å². The van der Waals surface area contributed by atoms with E-state index in [2.05, 4.69) is 20.0 Å². The first-order valence-corrected chi connectivity index (χ1v) is 14.6. The van der Waals surface area contributed by atoms with Crippen LogP contribution < -0.4 is 19.9 Å². The van der Waals surface area contributed by atoms with Gasteiger partial charge in [-0.05, 0) is 60.0 Å². The second-order valence-corrected chi connectivity index (χ2v) is 11.5. The summed E-state index contributed by atoms with van der Waals surface area (Å²) >= 11 is 1.13. The van der Waals surface area contributed by atoms with Gasteiger partial charge in [0.2, 0.25) is 5.91 Å². The zero-order chi connectivity index (χ0) is 32.5. The van der Waals surface area contributed by atoms with Crippen molar-refractivity contribution in [3.63, 3.8) is 0 Å². The van der Waals surface area contributed by atoms with E-state index < -0.39 is 18.2 Å². The van der Waals surface area contributed by atoms with E-state index in [9.17, 15) is 22.8 Å². The average Bonchev–Trinajstić information content (AvgIpc) is 3.60. The van der Waals surface area contributed by atoms with Gasteiger partial charge in [-0.1, -0.05) is 37.7 Å². The van der Waals surface area contributed by atoms with Gasteiger partial charge in [-0.25, -0.2) is 14.2 Å². The molecule has 0 bridgehead atoms. The van der Waals surface area contributed by atoms with E-state index in [1.807, 2.05) is 51.0 Å². The maximum atomic E-state index is 15.1. The minimum atomic E-state index is -4.79. The molecular weight excluding hydrogens is 612 g/mol. The highest BCUT2D eigenvalue weighted by Gasteiger charge is 2.33. The number of nitrogens with one attached hydrogen (secondary N) is 1. The Morgan fingerprint density at radius 2 is 1.82 bits per heavy atom. The van der Waals surface area contributed by atoms with Crippen molar-refractivity contribution in [1.29, 1.82) is 0 Å². The summed E-state index contributed by atoms with van der Waals surface area (Å²) in [5, 5.41) is 2.63. The van der Waals surface area contributed by atoms with Crippen LogP contribution in [0, 0.1) is 5.82 Å². The van der Waals surface area contributed by atoms with Crippen molar-refractivity contribution in [2.24, 2.45) is 4.99 Å². The molecule has 0 saturated carbocycles. The first kappa shape index (κ1) is 31.6. The number of imidazole rings is 1. The lowest BCUT2D eigenvalue weighted by Crippen LogP contribution is -2.31. The number of nitrogens with zero attached hydrogens (tertiary/aromatic N) is 5. The van der Waals surface area contributed by atoms with Crippen molar-refractivity contribution in [2.75, 3.05) is 35.0 Å². The number of carbonyl (C=O) groups is 2. The Morgan fingerprint density at radius 3 is 2.47 bits per heavy atom. The molecule has 2 heterocycles. The Bertz CT molecular complexity index is 1770. The number of carbonyl (C=O) groups excluding carboxylic acids is 2. The predicted octanol–water partition coefficient (Wildman–Crippen LogP) is 7.43. The third-order valence-corrected chi connectivity index (χ3v) is 7.74. The molecule has 3 aromatic carbocycles. The Balaban J connectivity index is 1.32. The second kappa shape index (κ2) is 12.6. The lowest BCUT2D eigenvalue weighted by atomic mass is 9.99. The number of halogens is 4. The highest BCUT2D eigenvalue weighted by atomic mass is 32.2. The van der Waals surface area contributed by atoms with Crippen molar-refractivity contribution < 1.29 is 31.9 Å². The van der Waals surface area contributed by atoms with Gasteiger partial charge in [-0.3, -0.25) is 9.69 Å². The van der Waals surface area contributed by atoms with Gasteiger partial charge in [0.1, 0.15) is 11.6 Å². The lowest BCUT2D eigenvalue weighted by molar-refractivity contribution is -0.274. The largest absolute Gasteiger partial charge is 0.573 e. The number of alkyl halides is 3. The molecule has 0 unspecified atom stereocenters. The summed E-state index contributed by atoms with van der Waals surface area (Å²) in [5.74, 6) is -1.11. The fourth-order valence-corrected chi connectivity index (χ4v) is 5.47. The lowest BCUT2D eigenvalue weighted by Gasteiger charge is -2.24. The summed E-state index contributed by atoms with van der Waals surface area (Å²) in [7, 11) is 3.78. The van der Waals surface area contributed by atoms with Crippen LogP contribution in [0.1, 0.15) is 25.3 Å². The minimum Gasteiger partial charge on any atom is -0.406 e. The van der Waals surface area contributed by atoms with Gasteiger partial charge in [-0.15, -0.1) is 13.2 Å². The van der Waals surface area contributed by atoms with Gasteiger partial charge in [0.15, 0.2) is 5.17 Å². The highest BCUT2D eigenvalue weighted by Crippen LogP contribution is 2.36. The van der Waals surface area contributed by atoms with Gasteiger partial charge in [0.25, 0.3) is 0 Å². The average molecular weight is 641 g/mol. The topological polar surface area (TPSA) is 92.1 Å². The van der Waals surface area contributed by atoms with Crippen LogP contribution in [0.15, 0.2) is 78.2 Å². The van der Waals surface area contributed by atoms with Gasteiger partial charge in [0.05, 0.1) is 29.1 Å². The molecule has 14 heteroatoms. The Labute approximate surface area is 260 Å². The first-order valence-electron chi connectivity index (χ1n) is 13.7. The molecule has 3 amide bonds. The zero-order valence-electron chi connectivity index (χ0n) is 24.6. The van der Waals surface area contributed by atoms with Crippen molar-refractivity contribution in [2.45, 2.75) is 26.1 Å². The molecular formula is C31H28F4N6O3S. The fraction of sp³-hybridized carbons (Fsp3) is 0.226. The van der Waals surface area contributed by atoms with Crippen LogP contribution in [0.3, 0.4) is 0 Å². The number of anilines is 3. The van der Waals surface area contributed by atoms with E-state index in [0.717, 1.165) is 23.0 Å². The van der Waals surface area contributed by atoms with Crippen LogP contribution in [0.5, 0.6) is 5.75 Å². The van der Waals surface area contributed by atoms with E-state index in [0.29, 0.717) is 22.6 Å². The summed E-state index contributed by atoms with van der Waals surface area (Å²) in [6.45, 7) is 4.02. The molecule has 0 spiro atoms. The number of urea groups is 1. The summed E-state index contributed by atoms with van der Waals surface area (Å²) in [6.07, 6.45) is -1.78. The number of amidine groups is 1. The molecule has 0 atom stereocenters. The Kier molecular flexibility index (Phi) is 8.87. The fourth-order valence-electron chi connectivity index (χ4n) is 4.61. The standard InChI is InChI=1S/C31H28F4N6O3S/c1-18(2)23-11-8-21(39(3)4)14-27(23)41-28(42)16-45-30(41)38-29(43)37-25-12-5-19(13-24(25)32)26-15-40(17-36-26)20-6-9-22(10-7-20)44-31(33,34)35/h5-15,17-18H,16H2,1-4H3,(H,37,43)/b38-30-.